The van der Waals surface area contributed by atoms with Gasteiger partial charge in [-0.2, -0.15) is 4.98 Å². The van der Waals surface area contributed by atoms with Crippen molar-refractivity contribution in [1.29, 1.82) is 0 Å². The number of carboxylic acid groups (broad SMARTS) is 1. The van der Waals surface area contributed by atoms with Gasteiger partial charge in [-0.3, -0.25) is 4.79 Å². The Balaban J connectivity index is 1.86. The second kappa shape index (κ2) is 4.80. The van der Waals surface area contributed by atoms with Gasteiger partial charge in [0.2, 0.25) is 11.7 Å². The van der Waals surface area contributed by atoms with Gasteiger partial charge in [-0.25, -0.2) is 0 Å². The molecule has 0 amide bonds. The zero-order valence-corrected chi connectivity index (χ0v) is 12.8. The molecule has 2 aliphatic rings. The maximum Gasteiger partial charge on any atom is 0.307 e. The van der Waals surface area contributed by atoms with Crippen molar-refractivity contribution in [3.63, 3.8) is 0 Å². The number of carboxylic acids is 1. The number of hydrogen-bond acceptors (Lipinski definition) is 5. The lowest BCUT2D eigenvalue weighted by Gasteiger charge is -2.24. The van der Waals surface area contributed by atoms with E-state index in [1.807, 2.05) is 20.8 Å². The summed E-state index contributed by atoms with van der Waals surface area (Å²) >= 11 is 0. The van der Waals surface area contributed by atoms with E-state index in [0.29, 0.717) is 18.3 Å². The summed E-state index contributed by atoms with van der Waals surface area (Å²) < 4.78 is 11.3. The van der Waals surface area contributed by atoms with Crippen LogP contribution in [0.4, 0.5) is 0 Å². The first-order chi connectivity index (χ1) is 9.92. The normalized spacial score (nSPS) is 29.5. The highest BCUT2D eigenvalue weighted by atomic mass is 16.5. The lowest BCUT2D eigenvalue weighted by Crippen LogP contribution is -2.27. The van der Waals surface area contributed by atoms with Gasteiger partial charge in [0.15, 0.2) is 0 Å². The van der Waals surface area contributed by atoms with Crippen LogP contribution in [0.1, 0.15) is 64.1 Å². The minimum absolute atomic E-state index is 0.198. The Morgan fingerprint density at radius 2 is 2.10 bits per heavy atom. The van der Waals surface area contributed by atoms with Crippen molar-refractivity contribution in [3.8, 4) is 0 Å². The van der Waals surface area contributed by atoms with E-state index in [0.717, 1.165) is 25.7 Å². The summed E-state index contributed by atoms with van der Waals surface area (Å²) in [4.78, 5) is 15.8. The highest BCUT2D eigenvalue weighted by Crippen LogP contribution is 2.64. The Bertz CT molecular complexity index is 546. The predicted molar refractivity (Wildman–Crippen MR) is 73.7 cm³/mol. The molecule has 2 saturated carbocycles. The van der Waals surface area contributed by atoms with Crippen LogP contribution in [0.15, 0.2) is 4.52 Å². The van der Waals surface area contributed by atoms with Gasteiger partial charge in [0.05, 0.1) is 11.8 Å². The topological polar surface area (TPSA) is 85.5 Å². The van der Waals surface area contributed by atoms with Crippen molar-refractivity contribution in [3.05, 3.63) is 11.7 Å². The molecule has 0 aliphatic heterocycles. The van der Waals surface area contributed by atoms with Crippen molar-refractivity contribution in [2.45, 2.75) is 58.0 Å². The quantitative estimate of drug-likeness (QED) is 0.898. The standard InChI is InChI=1S/C15H22N2O4/c1-4-20-15(7-5-6-8-15)13-16-11(21-17-13)9-10(12(18)19)14(9,2)3/h9-10H,4-8H2,1-3H3,(H,18,19). The Morgan fingerprint density at radius 3 is 2.62 bits per heavy atom. The number of hydrogen-bond donors (Lipinski definition) is 1. The Morgan fingerprint density at radius 1 is 1.43 bits per heavy atom. The average Bonchev–Trinajstić information content (AvgIpc) is 2.85. The molecule has 6 nitrogen and oxygen atoms in total. The molecule has 0 radical (unpaired) electrons. The zero-order chi connectivity index (χ0) is 15.3. The van der Waals surface area contributed by atoms with Crippen LogP contribution in [-0.2, 0) is 15.1 Å². The molecule has 2 atom stereocenters. The molecular weight excluding hydrogens is 272 g/mol. The molecule has 2 fully saturated rings. The van der Waals surface area contributed by atoms with Crippen LogP contribution in [0, 0.1) is 11.3 Å². The fourth-order valence-corrected chi connectivity index (χ4v) is 3.76. The van der Waals surface area contributed by atoms with Crippen LogP contribution < -0.4 is 0 Å². The van der Waals surface area contributed by atoms with Gasteiger partial charge in [-0.05, 0) is 38.0 Å². The Hall–Kier alpha value is -1.43. The van der Waals surface area contributed by atoms with Crippen molar-refractivity contribution >= 4 is 5.97 Å². The molecule has 0 aromatic carbocycles. The van der Waals surface area contributed by atoms with Crippen LogP contribution in [-0.4, -0.2) is 27.8 Å². The molecule has 6 heteroatoms. The second-order valence-corrected chi connectivity index (χ2v) is 6.71. The van der Waals surface area contributed by atoms with Crippen LogP contribution in [0.3, 0.4) is 0 Å². The third-order valence-electron chi connectivity index (χ3n) is 5.04. The minimum Gasteiger partial charge on any atom is -0.481 e. The monoisotopic (exact) mass is 294 g/mol. The minimum atomic E-state index is -0.801. The van der Waals surface area contributed by atoms with Gasteiger partial charge >= 0.3 is 5.97 Å². The molecule has 1 heterocycles. The van der Waals surface area contributed by atoms with Gasteiger partial charge in [-0.1, -0.05) is 19.0 Å². The summed E-state index contributed by atoms with van der Waals surface area (Å²) in [5.74, 6) is -0.420. The van der Waals surface area contributed by atoms with Crippen molar-refractivity contribution in [2.75, 3.05) is 6.61 Å². The van der Waals surface area contributed by atoms with Gasteiger partial charge in [0.1, 0.15) is 5.60 Å². The zero-order valence-electron chi connectivity index (χ0n) is 12.8. The number of aliphatic carboxylic acids is 1. The first-order valence-corrected chi connectivity index (χ1v) is 7.63. The Kier molecular flexibility index (Phi) is 3.31. The SMILES string of the molecule is CCOC1(c2noc(C3C(C(=O)O)C3(C)C)n2)CCCC1. The molecule has 1 aromatic rings. The molecule has 2 aliphatic carbocycles. The summed E-state index contributed by atoms with van der Waals surface area (Å²) in [5.41, 5.74) is -0.766. The van der Waals surface area contributed by atoms with E-state index in [-0.39, 0.29) is 11.3 Å². The van der Waals surface area contributed by atoms with Crippen LogP contribution in [0.25, 0.3) is 0 Å². The molecule has 0 bridgehead atoms. The molecule has 0 spiro atoms. The number of ether oxygens (including phenoxy) is 1. The van der Waals surface area contributed by atoms with Gasteiger partial charge in [0.25, 0.3) is 0 Å². The van der Waals surface area contributed by atoms with Gasteiger partial charge in [0, 0.05) is 6.61 Å². The summed E-state index contributed by atoms with van der Waals surface area (Å²) in [7, 11) is 0. The largest absolute Gasteiger partial charge is 0.481 e. The van der Waals surface area contributed by atoms with E-state index >= 15 is 0 Å². The summed E-state index contributed by atoms with van der Waals surface area (Å²) in [6, 6.07) is 0. The third kappa shape index (κ3) is 2.16. The summed E-state index contributed by atoms with van der Waals surface area (Å²) in [5, 5.41) is 13.4. The molecule has 116 valence electrons. The van der Waals surface area contributed by atoms with Crippen LogP contribution >= 0.6 is 0 Å². The highest BCUT2D eigenvalue weighted by molar-refractivity contribution is 5.77. The molecule has 2 unspecified atom stereocenters. The van der Waals surface area contributed by atoms with Gasteiger partial charge in [-0.15, -0.1) is 0 Å². The lowest BCUT2D eigenvalue weighted by molar-refractivity contribution is -0.139. The Labute approximate surface area is 123 Å². The number of aromatic nitrogens is 2. The molecule has 1 N–H and O–H groups in total. The van der Waals surface area contributed by atoms with E-state index in [2.05, 4.69) is 10.1 Å². The van der Waals surface area contributed by atoms with Crippen molar-refractivity contribution in [1.82, 2.24) is 10.1 Å². The molecule has 1 aromatic heterocycles. The molecule has 0 saturated heterocycles. The highest BCUT2D eigenvalue weighted by Gasteiger charge is 2.65. The summed E-state index contributed by atoms with van der Waals surface area (Å²) in [6.45, 7) is 6.42. The number of carbonyl (C=O) groups is 1. The second-order valence-electron chi connectivity index (χ2n) is 6.71. The van der Waals surface area contributed by atoms with E-state index in [1.165, 1.54) is 0 Å². The lowest BCUT2D eigenvalue weighted by atomic mass is 10.0. The molecule has 3 rings (SSSR count). The first kappa shape index (κ1) is 14.5. The summed E-state index contributed by atoms with van der Waals surface area (Å²) in [6.07, 6.45) is 3.99. The average molecular weight is 294 g/mol. The van der Waals surface area contributed by atoms with Crippen molar-refractivity contribution < 1.29 is 19.2 Å². The fourth-order valence-electron chi connectivity index (χ4n) is 3.76. The first-order valence-electron chi connectivity index (χ1n) is 7.63. The van der Waals surface area contributed by atoms with Crippen LogP contribution in [0.2, 0.25) is 0 Å². The van der Waals surface area contributed by atoms with Crippen molar-refractivity contribution in [2.24, 2.45) is 11.3 Å². The van der Waals surface area contributed by atoms with E-state index in [9.17, 15) is 9.90 Å². The van der Waals surface area contributed by atoms with E-state index in [1.54, 1.807) is 0 Å². The van der Waals surface area contributed by atoms with E-state index in [4.69, 9.17) is 9.26 Å². The maximum atomic E-state index is 11.3. The van der Waals surface area contributed by atoms with Gasteiger partial charge < -0.3 is 14.4 Å². The number of nitrogens with zero attached hydrogens (tertiary/aromatic N) is 2. The third-order valence-corrected chi connectivity index (χ3v) is 5.04. The van der Waals surface area contributed by atoms with E-state index < -0.39 is 17.5 Å². The van der Waals surface area contributed by atoms with Crippen LogP contribution in [0.5, 0.6) is 0 Å². The predicted octanol–water partition coefficient (Wildman–Crippen LogP) is 2.70. The molecule has 21 heavy (non-hydrogen) atoms. The maximum absolute atomic E-state index is 11.3. The molecular formula is C15H22N2O4. The fraction of sp³-hybridized carbons (Fsp3) is 0.800. The number of rotatable bonds is 5. The smallest absolute Gasteiger partial charge is 0.307 e.